The second kappa shape index (κ2) is 8.23. The van der Waals surface area contributed by atoms with E-state index >= 15 is 0 Å². The first-order chi connectivity index (χ1) is 13.5. The predicted octanol–water partition coefficient (Wildman–Crippen LogP) is 2.92. The Kier molecular flexibility index (Phi) is 5.71. The molecule has 0 bridgehead atoms. The van der Waals surface area contributed by atoms with Crippen LogP contribution in [0.5, 0.6) is 5.75 Å². The maximum atomic E-state index is 11.5. The zero-order chi connectivity index (χ0) is 19.6. The van der Waals surface area contributed by atoms with Gasteiger partial charge in [-0.2, -0.15) is 0 Å². The number of nitrogens with zero attached hydrogens (tertiary/aromatic N) is 1. The monoisotopic (exact) mass is 400 g/mol. The van der Waals surface area contributed by atoms with Crippen molar-refractivity contribution in [3.63, 3.8) is 0 Å². The van der Waals surface area contributed by atoms with Crippen LogP contribution < -0.4 is 9.46 Å². The van der Waals surface area contributed by atoms with Gasteiger partial charge in [-0.1, -0.05) is 42.5 Å². The molecule has 2 aromatic rings. The van der Waals surface area contributed by atoms with Crippen LogP contribution in [0.3, 0.4) is 0 Å². The quantitative estimate of drug-likeness (QED) is 0.810. The molecule has 1 N–H and O–H groups in total. The standard InChI is InChI=1S/C22H28N2O3S/c1-28(25,26)23-15-18-9-10-22-20(14-18)19(13-17-7-3-2-4-8-17)21(16-27-22)24-11-5-6-12-24/h2-4,7-10,14,19,21,23H,5-6,11-13,15-16H2,1H3/t19-,21+/m1/s1. The Morgan fingerprint density at radius 3 is 2.54 bits per heavy atom. The zero-order valence-corrected chi connectivity index (χ0v) is 17.1. The van der Waals surface area contributed by atoms with E-state index in [1.807, 2.05) is 18.2 Å². The molecule has 0 aromatic heterocycles. The Balaban J connectivity index is 1.65. The molecule has 0 amide bonds. The molecule has 2 heterocycles. The van der Waals surface area contributed by atoms with Gasteiger partial charge in [0.2, 0.25) is 10.0 Å². The van der Waals surface area contributed by atoms with Crippen molar-refractivity contribution in [3.8, 4) is 5.75 Å². The average molecular weight is 401 g/mol. The third kappa shape index (κ3) is 4.57. The van der Waals surface area contributed by atoms with Crippen LogP contribution >= 0.6 is 0 Å². The zero-order valence-electron chi connectivity index (χ0n) is 16.3. The molecule has 2 aliphatic rings. The molecule has 28 heavy (non-hydrogen) atoms. The van der Waals surface area contributed by atoms with E-state index in [-0.39, 0.29) is 0 Å². The first kappa shape index (κ1) is 19.4. The van der Waals surface area contributed by atoms with Crippen LogP contribution in [0.15, 0.2) is 48.5 Å². The number of sulfonamides is 1. The van der Waals surface area contributed by atoms with E-state index in [0.717, 1.165) is 30.8 Å². The molecule has 2 aliphatic heterocycles. The van der Waals surface area contributed by atoms with Crippen molar-refractivity contribution < 1.29 is 13.2 Å². The van der Waals surface area contributed by atoms with Gasteiger partial charge in [-0.25, -0.2) is 13.1 Å². The average Bonchev–Trinajstić information content (AvgIpc) is 3.21. The maximum absolute atomic E-state index is 11.5. The highest BCUT2D eigenvalue weighted by molar-refractivity contribution is 7.88. The van der Waals surface area contributed by atoms with E-state index in [1.54, 1.807) is 0 Å². The predicted molar refractivity (Wildman–Crippen MR) is 111 cm³/mol. The van der Waals surface area contributed by atoms with Crippen LogP contribution in [0.4, 0.5) is 0 Å². The Labute approximate surface area is 167 Å². The molecule has 1 saturated heterocycles. The van der Waals surface area contributed by atoms with Gasteiger partial charge >= 0.3 is 0 Å². The summed E-state index contributed by atoms with van der Waals surface area (Å²) in [6, 6.07) is 17.0. The highest BCUT2D eigenvalue weighted by Crippen LogP contribution is 2.39. The largest absolute Gasteiger partial charge is 0.492 e. The van der Waals surface area contributed by atoms with Crippen molar-refractivity contribution >= 4 is 10.0 Å². The molecule has 150 valence electrons. The van der Waals surface area contributed by atoms with Gasteiger partial charge < -0.3 is 4.74 Å². The molecule has 0 radical (unpaired) electrons. The molecular weight excluding hydrogens is 372 g/mol. The van der Waals surface area contributed by atoms with Crippen molar-refractivity contribution in [2.24, 2.45) is 0 Å². The Bertz CT molecular complexity index is 909. The summed E-state index contributed by atoms with van der Waals surface area (Å²) in [6.45, 7) is 3.28. The first-order valence-corrected chi connectivity index (χ1v) is 11.9. The molecule has 0 aliphatic carbocycles. The second-order valence-electron chi connectivity index (χ2n) is 7.88. The van der Waals surface area contributed by atoms with Gasteiger partial charge in [-0.15, -0.1) is 0 Å². The summed E-state index contributed by atoms with van der Waals surface area (Å²) in [6.07, 6.45) is 4.65. The number of rotatable bonds is 6. The van der Waals surface area contributed by atoms with E-state index in [4.69, 9.17) is 4.74 Å². The lowest BCUT2D eigenvalue weighted by molar-refractivity contribution is 0.116. The summed E-state index contributed by atoms with van der Waals surface area (Å²) < 4.78 is 31.7. The van der Waals surface area contributed by atoms with Crippen molar-refractivity contribution in [3.05, 3.63) is 65.2 Å². The van der Waals surface area contributed by atoms with Crippen molar-refractivity contribution in [2.45, 2.75) is 37.8 Å². The van der Waals surface area contributed by atoms with Gasteiger partial charge in [0.05, 0.1) is 12.3 Å². The van der Waals surface area contributed by atoms with E-state index < -0.39 is 10.0 Å². The summed E-state index contributed by atoms with van der Waals surface area (Å²) in [5.74, 6) is 1.27. The van der Waals surface area contributed by atoms with Gasteiger partial charge in [0.15, 0.2) is 0 Å². The van der Waals surface area contributed by atoms with Crippen LogP contribution in [0.1, 0.15) is 35.4 Å². The van der Waals surface area contributed by atoms with Crippen LogP contribution in [0.25, 0.3) is 0 Å². The molecule has 1 fully saturated rings. The lowest BCUT2D eigenvalue weighted by atomic mass is 9.82. The van der Waals surface area contributed by atoms with Gasteiger partial charge in [-0.05, 0) is 55.1 Å². The number of benzene rings is 2. The highest BCUT2D eigenvalue weighted by Gasteiger charge is 2.36. The lowest BCUT2D eigenvalue weighted by Gasteiger charge is -2.39. The van der Waals surface area contributed by atoms with Crippen molar-refractivity contribution in [2.75, 3.05) is 26.0 Å². The van der Waals surface area contributed by atoms with Crippen molar-refractivity contribution in [1.82, 2.24) is 9.62 Å². The summed E-state index contributed by atoms with van der Waals surface area (Å²) in [4.78, 5) is 2.57. The van der Waals surface area contributed by atoms with Crippen LogP contribution in [-0.2, 0) is 23.0 Å². The minimum Gasteiger partial charge on any atom is -0.492 e. The van der Waals surface area contributed by atoms with Crippen LogP contribution in [0.2, 0.25) is 0 Å². The summed E-state index contributed by atoms with van der Waals surface area (Å²) in [5, 5.41) is 0. The Hall–Kier alpha value is -1.89. The first-order valence-electron chi connectivity index (χ1n) is 9.98. The Morgan fingerprint density at radius 2 is 1.82 bits per heavy atom. The SMILES string of the molecule is CS(=O)(=O)NCc1ccc2c(c1)[C@@H](Cc1ccccc1)[C@@H](N1CCCC1)CO2. The summed E-state index contributed by atoms with van der Waals surface area (Å²) >= 11 is 0. The molecule has 2 aromatic carbocycles. The van der Waals surface area contributed by atoms with E-state index in [0.29, 0.717) is 25.1 Å². The third-order valence-corrected chi connectivity index (χ3v) is 6.46. The van der Waals surface area contributed by atoms with Gasteiger partial charge in [0.25, 0.3) is 0 Å². The fourth-order valence-corrected chi connectivity index (χ4v) is 4.82. The number of hydrogen-bond donors (Lipinski definition) is 1. The smallest absolute Gasteiger partial charge is 0.209 e. The molecular formula is C22H28N2O3S. The summed E-state index contributed by atoms with van der Waals surface area (Å²) in [5.41, 5.74) is 3.48. The highest BCUT2D eigenvalue weighted by atomic mass is 32.2. The van der Waals surface area contributed by atoms with E-state index in [2.05, 4.69) is 40.0 Å². The minimum absolute atomic E-state index is 0.304. The molecule has 0 saturated carbocycles. The number of nitrogens with one attached hydrogen (secondary N) is 1. The molecule has 0 unspecified atom stereocenters. The second-order valence-corrected chi connectivity index (χ2v) is 9.72. The van der Waals surface area contributed by atoms with E-state index in [9.17, 15) is 8.42 Å². The normalized spacial score (nSPS) is 22.6. The third-order valence-electron chi connectivity index (χ3n) is 5.79. The van der Waals surface area contributed by atoms with E-state index in [1.165, 1.54) is 30.2 Å². The summed E-state index contributed by atoms with van der Waals surface area (Å²) in [7, 11) is -3.22. The van der Waals surface area contributed by atoms with Gasteiger partial charge in [0.1, 0.15) is 12.4 Å². The number of ether oxygens (including phenoxy) is 1. The van der Waals surface area contributed by atoms with Gasteiger partial charge in [0, 0.05) is 12.5 Å². The molecule has 2 atom stereocenters. The maximum Gasteiger partial charge on any atom is 0.209 e. The molecule has 6 heteroatoms. The fraction of sp³-hybridized carbons (Fsp3) is 0.455. The molecule has 0 spiro atoms. The lowest BCUT2D eigenvalue weighted by Crippen LogP contribution is -2.45. The number of fused-ring (bicyclic) bond motifs is 1. The minimum atomic E-state index is -3.22. The topological polar surface area (TPSA) is 58.6 Å². The fourth-order valence-electron chi connectivity index (χ4n) is 4.39. The van der Waals surface area contributed by atoms with Gasteiger partial charge in [-0.3, -0.25) is 4.90 Å². The number of likely N-dealkylation sites (tertiary alicyclic amines) is 1. The molecule has 5 nitrogen and oxygen atoms in total. The van der Waals surface area contributed by atoms with Crippen molar-refractivity contribution in [1.29, 1.82) is 0 Å². The Morgan fingerprint density at radius 1 is 1.07 bits per heavy atom. The molecule has 4 rings (SSSR count). The van der Waals surface area contributed by atoms with Crippen LogP contribution in [-0.4, -0.2) is 45.3 Å². The van der Waals surface area contributed by atoms with Crippen LogP contribution in [0, 0.1) is 0 Å². The number of hydrogen-bond acceptors (Lipinski definition) is 4.